The summed E-state index contributed by atoms with van der Waals surface area (Å²) in [5, 5.41) is 8.78. The Kier molecular flexibility index (Phi) is 3.90. The monoisotopic (exact) mass is 318 g/mol. The molecule has 22 heavy (non-hydrogen) atoms. The SMILES string of the molecule is CC(=O)c1c(C)[nH]c(C(=O)CSc2nncn2C2CC2)c1C. The molecule has 0 radical (unpaired) electrons. The van der Waals surface area contributed by atoms with E-state index < -0.39 is 0 Å². The van der Waals surface area contributed by atoms with Crippen molar-refractivity contribution in [3.63, 3.8) is 0 Å². The van der Waals surface area contributed by atoms with Crippen molar-refractivity contribution in [3.05, 3.63) is 28.8 Å². The predicted octanol–water partition coefficient (Wildman–Crippen LogP) is 2.74. The van der Waals surface area contributed by atoms with Crippen LogP contribution in [-0.2, 0) is 0 Å². The maximum Gasteiger partial charge on any atom is 0.191 e. The maximum absolute atomic E-state index is 12.4. The van der Waals surface area contributed by atoms with Gasteiger partial charge < -0.3 is 9.55 Å². The summed E-state index contributed by atoms with van der Waals surface area (Å²) >= 11 is 1.39. The number of Topliss-reactive ketones (excluding diaryl/α,β-unsaturated/α-hetero) is 2. The van der Waals surface area contributed by atoms with Crippen LogP contribution in [0.3, 0.4) is 0 Å². The van der Waals surface area contributed by atoms with Crippen LogP contribution in [0.1, 0.15) is 57.9 Å². The zero-order valence-corrected chi connectivity index (χ0v) is 13.7. The van der Waals surface area contributed by atoms with Crippen LogP contribution in [0.15, 0.2) is 11.5 Å². The molecule has 0 amide bonds. The van der Waals surface area contributed by atoms with Gasteiger partial charge in [0.25, 0.3) is 0 Å². The Hall–Kier alpha value is -1.89. The summed E-state index contributed by atoms with van der Waals surface area (Å²) in [6, 6.07) is 0.492. The molecule has 1 N–H and O–H groups in total. The molecular formula is C15H18N4O2S. The van der Waals surface area contributed by atoms with E-state index in [0.717, 1.165) is 29.3 Å². The first kappa shape index (κ1) is 15.0. The molecule has 1 saturated carbocycles. The van der Waals surface area contributed by atoms with Gasteiger partial charge in [-0.15, -0.1) is 10.2 Å². The van der Waals surface area contributed by atoms with E-state index in [9.17, 15) is 9.59 Å². The van der Waals surface area contributed by atoms with Crippen LogP contribution in [0, 0.1) is 13.8 Å². The van der Waals surface area contributed by atoms with E-state index in [1.54, 1.807) is 6.33 Å². The van der Waals surface area contributed by atoms with E-state index in [1.165, 1.54) is 18.7 Å². The number of H-pyrrole nitrogens is 1. The van der Waals surface area contributed by atoms with Crippen molar-refractivity contribution < 1.29 is 9.59 Å². The van der Waals surface area contributed by atoms with Crippen LogP contribution < -0.4 is 0 Å². The second-order valence-corrected chi connectivity index (χ2v) is 6.59. The van der Waals surface area contributed by atoms with Gasteiger partial charge in [0, 0.05) is 17.3 Å². The number of nitrogens with zero attached hydrogens (tertiary/aromatic N) is 3. The molecule has 1 aliphatic carbocycles. The molecule has 1 aliphatic rings. The molecule has 6 nitrogen and oxygen atoms in total. The predicted molar refractivity (Wildman–Crippen MR) is 83.6 cm³/mol. The molecule has 0 bridgehead atoms. The number of carbonyl (C=O) groups is 2. The normalized spacial score (nSPS) is 14.3. The lowest BCUT2D eigenvalue weighted by Gasteiger charge is -2.03. The molecule has 2 aromatic heterocycles. The van der Waals surface area contributed by atoms with E-state index in [1.807, 2.05) is 18.4 Å². The fraction of sp³-hybridized carbons (Fsp3) is 0.467. The first-order valence-electron chi connectivity index (χ1n) is 7.24. The lowest BCUT2D eigenvalue weighted by Crippen LogP contribution is -2.07. The van der Waals surface area contributed by atoms with Crippen molar-refractivity contribution in [2.75, 3.05) is 5.75 Å². The molecule has 0 aliphatic heterocycles. The highest BCUT2D eigenvalue weighted by Crippen LogP contribution is 2.37. The van der Waals surface area contributed by atoms with Gasteiger partial charge in [0.1, 0.15) is 6.33 Å². The average Bonchev–Trinajstić information content (AvgIpc) is 3.11. The van der Waals surface area contributed by atoms with Crippen molar-refractivity contribution >= 4 is 23.3 Å². The molecule has 0 spiro atoms. The van der Waals surface area contributed by atoms with Crippen LogP contribution in [0.25, 0.3) is 0 Å². The Bertz CT molecular complexity index is 743. The van der Waals surface area contributed by atoms with E-state index in [2.05, 4.69) is 15.2 Å². The van der Waals surface area contributed by atoms with Crippen molar-refractivity contribution in [3.8, 4) is 0 Å². The minimum Gasteiger partial charge on any atom is -0.355 e. The first-order chi connectivity index (χ1) is 10.5. The smallest absolute Gasteiger partial charge is 0.191 e. The molecule has 0 unspecified atom stereocenters. The third-order valence-electron chi connectivity index (χ3n) is 3.88. The summed E-state index contributed by atoms with van der Waals surface area (Å²) in [5.41, 5.74) is 2.63. The van der Waals surface area contributed by atoms with Gasteiger partial charge in [-0.3, -0.25) is 9.59 Å². The molecule has 116 valence electrons. The topological polar surface area (TPSA) is 80.6 Å². The molecule has 3 rings (SSSR count). The molecule has 0 aromatic carbocycles. The molecular weight excluding hydrogens is 300 g/mol. The van der Waals surface area contributed by atoms with Gasteiger partial charge in [0.15, 0.2) is 16.7 Å². The van der Waals surface area contributed by atoms with Gasteiger partial charge in [-0.25, -0.2) is 0 Å². The number of aromatic nitrogens is 4. The number of aromatic amines is 1. The van der Waals surface area contributed by atoms with Crippen molar-refractivity contribution in [2.24, 2.45) is 0 Å². The minimum atomic E-state index is -0.0246. The molecule has 7 heteroatoms. The minimum absolute atomic E-state index is 0.0218. The van der Waals surface area contributed by atoms with Crippen LogP contribution in [0.2, 0.25) is 0 Å². The van der Waals surface area contributed by atoms with Gasteiger partial charge in [0.05, 0.1) is 11.4 Å². The van der Waals surface area contributed by atoms with Crippen molar-refractivity contribution in [2.45, 2.75) is 44.8 Å². The summed E-state index contributed by atoms with van der Waals surface area (Å²) < 4.78 is 2.03. The first-order valence-corrected chi connectivity index (χ1v) is 8.23. The highest BCUT2D eigenvalue weighted by atomic mass is 32.2. The van der Waals surface area contributed by atoms with Gasteiger partial charge in [-0.05, 0) is 39.2 Å². The number of rotatable bonds is 6. The Morgan fingerprint density at radius 3 is 2.73 bits per heavy atom. The number of ketones is 2. The Labute approximate surface area is 132 Å². The third kappa shape index (κ3) is 2.72. The van der Waals surface area contributed by atoms with Gasteiger partial charge in [0.2, 0.25) is 0 Å². The number of thioether (sulfide) groups is 1. The van der Waals surface area contributed by atoms with Crippen LogP contribution in [0.4, 0.5) is 0 Å². The summed E-state index contributed by atoms with van der Waals surface area (Å²) in [5.74, 6) is 0.235. The van der Waals surface area contributed by atoms with E-state index in [0.29, 0.717) is 17.3 Å². The Morgan fingerprint density at radius 1 is 1.41 bits per heavy atom. The molecule has 0 atom stereocenters. The van der Waals surface area contributed by atoms with Gasteiger partial charge in [-0.2, -0.15) is 0 Å². The Balaban J connectivity index is 1.73. The average molecular weight is 318 g/mol. The largest absolute Gasteiger partial charge is 0.355 e. The second-order valence-electron chi connectivity index (χ2n) is 5.64. The quantitative estimate of drug-likeness (QED) is 0.654. The number of hydrogen-bond acceptors (Lipinski definition) is 5. The lowest BCUT2D eigenvalue weighted by molar-refractivity contribution is 0.101. The number of aryl methyl sites for hydroxylation is 1. The lowest BCUT2D eigenvalue weighted by atomic mass is 10.1. The van der Waals surface area contributed by atoms with Crippen molar-refractivity contribution in [1.29, 1.82) is 0 Å². The second kappa shape index (κ2) is 5.72. The Morgan fingerprint density at radius 2 is 2.14 bits per heavy atom. The van der Waals surface area contributed by atoms with E-state index >= 15 is 0 Å². The highest BCUT2D eigenvalue weighted by molar-refractivity contribution is 7.99. The van der Waals surface area contributed by atoms with E-state index in [4.69, 9.17) is 0 Å². The summed E-state index contributed by atoms with van der Waals surface area (Å²) in [4.78, 5) is 27.1. The maximum atomic E-state index is 12.4. The molecule has 2 heterocycles. The summed E-state index contributed by atoms with van der Waals surface area (Å²) in [7, 11) is 0. The number of hydrogen-bond donors (Lipinski definition) is 1. The van der Waals surface area contributed by atoms with Gasteiger partial charge in [-0.1, -0.05) is 11.8 Å². The van der Waals surface area contributed by atoms with Crippen molar-refractivity contribution in [1.82, 2.24) is 19.7 Å². The fourth-order valence-corrected chi connectivity index (χ4v) is 3.55. The summed E-state index contributed by atoms with van der Waals surface area (Å²) in [6.07, 6.45) is 4.02. The van der Waals surface area contributed by atoms with Gasteiger partial charge >= 0.3 is 0 Å². The van der Waals surface area contributed by atoms with Crippen LogP contribution >= 0.6 is 11.8 Å². The zero-order chi connectivity index (χ0) is 15.9. The molecule has 1 fully saturated rings. The molecule has 2 aromatic rings. The standard InChI is InChI=1S/C15H18N4O2S/c1-8-13(10(3)20)9(2)17-14(8)12(21)6-22-15-18-16-7-19(15)11-4-5-11/h7,11,17H,4-6H2,1-3H3. The summed E-state index contributed by atoms with van der Waals surface area (Å²) in [6.45, 7) is 5.15. The highest BCUT2D eigenvalue weighted by Gasteiger charge is 2.27. The van der Waals surface area contributed by atoms with Crippen LogP contribution in [0.5, 0.6) is 0 Å². The number of nitrogens with one attached hydrogen (secondary N) is 1. The zero-order valence-electron chi connectivity index (χ0n) is 12.8. The van der Waals surface area contributed by atoms with Crippen LogP contribution in [-0.4, -0.2) is 37.1 Å². The fourth-order valence-electron chi connectivity index (χ4n) is 2.70. The van der Waals surface area contributed by atoms with E-state index in [-0.39, 0.29) is 17.3 Å². The number of carbonyl (C=O) groups excluding carboxylic acids is 2. The molecule has 0 saturated heterocycles. The third-order valence-corrected chi connectivity index (χ3v) is 4.84.